The number of Topliss-reactive ketones (excluding diaryl/α,β-unsaturated/α-hetero) is 1. The van der Waals surface area contributed by atoms with Gasteiger partial charge in [-0.05, 0) is 30.0 Å². The van der Waals surface area contributed by atoms with Gasteiger partial charge in [0.15, 0.2) is 11.2 Å². The van der Waals surface area contributed by atoms with Crippen molar-refractivity contribution in [1.82, 2.24) is 0 Å². The zero-order valence-corrected chi connectivity index (χ0v) is 13.5. The molecule has 0 radical (unpaired) electrons. The van der Waals surface area contributed by atoms with Crippen molar-refractivity contribution >= 4 is 34.1 Å². The fraction of sp³-hybridized carbons (Fsp3) is 0.167. The highest BCUT2D eigenvalue weighted by atomic mass is 32.1. The number of esters is 1. The van der Waals surface area contributed by atoms with Gasteiger partial charge in [0, 0.05) is 12.5 Å². The summed E-state index contributed by atoms with van der Waals surface area (Å²) in [4.78, 5) is 36.4. The number of ketones is 1. The van der Waals surface area contributed by atoms with Gasteiger partial charge in [0.2, 0.25) is 5.76 Å². The van der Waals surface area contributed by atoms with Gasteiger partial charge in [-0.2, -0.15) is 0 Å². The number of hydrogen-bond donors (Lipinski definition) is 0. The average molecular weight is 342 g/mol. The van der Waals surface area contributed by atoms with Crippen LogP contribution in [0.1, 0.15) is 33.1 Å². The molecule has 5 nitrogen and oxygen atoms in total. The van der Waals surface area contributed by atoms with E-state index in [2.05, 4.69) is 0 Å². The van der Waals surface area contributed by atoms with Gasteiger partial charge in [-0.25, -0.2) is 4.79 Å². The maximum atomic E-state index is 12.0. The molecule has 3 aromatic rings. The van der Waals surface area contributed by atoms with E-state index in [1.807, 2.05) is 11.4 Å². The molecule has 0 aliphatic rings. The van der Waals surface area contributed by atoms with E-state index < -0.39 is 5.97 Å². The molecule has 0 unspecified atom stereocenters. The first kappa shape index (κ1) is 16.1. The Hall–Kier alpha value is -2.73. The molecule has 0 saturated carbocycles. The monoisotopic (exact) mass is 342 g/mol. The van der Waals surface area contributed by atoms with Gasteiger partial charge in [-0.1, -0.05) is 18.2 Å². The molecule has 24 heavy (non-hydrogen) atoms. The van der Waals surface area contributed by atoms with Crippen molar-refractivity contribution in [1.29, 1.82) is 0 Å². The summed E-state index contributed by atoms with van der Waals surface area (Å²) in [7, 11) is 0. The minimum absolute atomic E-state index is 0.0262. The lowest BCUT2D eigenvalue weighted by Gasteiger charge is -2.04. The van der Waals surface area contributed by atoms with Crippen LogP contribution in [-0.2, 0) is 4.74 Å². The van der Waals surface area contributed by atoms with Crippen LogP contribution in [0.15, 0.2) is 57.1 Å². The van der Waals surface area contributed by atoms with Crippen molar-refractivity contribution in [3.8, 4) is 0 Å². The quantitative estimate of drug-likeness (QED) is 0.388. The summed E-state index contributed by atoms with van der Waals surface area (Å²) in [5.74, 6) is -0.817. The molecule has 0 amide bonds. The molecule has 1 aromatic carbocycles. The van der Waals surface area contributed by atoms with Crippen LogP contribution >= 0.6 is 11.3 Å². The normalized spacial score (nSPS) is 10.7. The average Bonchev–Trinajstić information content (AvgIpc) is 3.13. The number of ether oxygens (including phenoxy) is 1. The van der Waals surface area contributed by atoms with E-state index in [4.69, 9.17) is 9.15 Å². The molecule has 0 aliphatic carbocycles. The number of carbonyl (C=O) groups excluding carboxylic acids is 2. The molecular formula is C18H14O5S. The lowest BCUT2D eigenvalue weighted by Crippen LogP contribution is -2.11. The van der Waals surface area contributed by atoms with Crippen molar-refractivity contribution < 1.29 is 18.7 Å². The summed E-state index contributed by atoms with van der Waals surface area (Å²) in [5, 5.41) is 2.25. The van der Waals surface area contributed by atoms with Gasteiger partial charge in [0.1, 0.15) is 5.58 Å². The van der Waals surface area contributed by atoms with Crippen LogP contribution in [0.25, 0.3) is 11.0 Å². The Bertz CT molecular complexity index is 924. The van der Waals surface area contributed by atoms with Gasteiger partial charge >= 0.3 is 5.97 Å². The first-order valence-electron chi connectivity index (χ1n) is 7.42. The number of para-hydroxylation sites is 1. The highest BCUT2D eigenvalue weighted by molar-refractivity contribution is 7.12. The van der Waals surface area contributed by atoms with Crippen LogP contribution in [0.3, 0.4) is 0 Å². The lowest BCUT2D eigenvalue weighted by molar-refractivity contribution is 0.0459. The lowest BCUT2D eigenvalue weighted by atomic mass is 10.2. The molecule has 122 valence electrons. The van der Waals surface area contributed by atoms with Gasteiger partial charge in [-0.3, -0.25) is 9.59 Å². The van der Waals surface area contributed by atoms with Crippen molar-refractivity contribution in [2.45, 2.75) is 12.8 Å². The van der Waals surface area contributed by atoms with E-state index in [1.165, 1.54) is 11.3 Å². The molecule has 0 bridgehead atoms. The van der Waals surface area contributed by atoms with Gasteiger partial charge in [-0.15, -0.1) is 11.3 Å². The third-order valence-corrected chi connectivity index (χ3v) is 4.32. The number of benzene rings is 1. The van der Waals surface area contributed by atoms with E-state index in [9.17, 15) is 14.4 Å². The van der Waals surface area contributed by atoms with E-state index >= 15 is 0 Å². The summed E-state index contributed by atoms with van der Waals surface area (Å²) in [6.45, 7) is 0.0898. The molecule has 6 heteroatoms. The highest BCUT2D eigenvalue weighted by Gasteiger charge is 2.14. The van der Waals surface area contributed by atoms with Crippen LogP contribution in [0.4, 0.5) is 0 Å². The Kier molecular flexibility index (Phi) is 4.86. The van der Waals surface area contributed by atoms with E-state index in [1.54, 1.807) is 30.3 Å². The Balaban J connectivity index is 1.57. The second-order valence-electron chi connectivity index (χ2n) is 5.11. The molecule has 3 rings (SSSR count). The Morgan fingerprint density at radius 3 is 2.75 bits per heavy atom. The highest BCUT2D eigenvalue weighted by Crippen LogP contribution is 2.14. The fourth-order valence-electron chi connectivity index (χ4n) is 2.23. The van der Waals surface area contributed by atoms with Crippen LogP contribution in [-0.4, -0.2) is 18.4 Å². The molecule has 0 fully saturated rings. The fourth-order valence-corrected chi connectivity index (χ4v) is 2.93. The zero-order chi connectivity index (χ0) is 16.9. The standard InChI is InChI=1S/C18H14O5S/c19-13(17-8-4-10-24-17)6-3-9-22-18(21)16-11-14(20)12-5-1-2-7-15(12)23-16/h1-2,4-5,7-8,10-11H,3,6,9H2. The molecule has 0 N–H and O–H groups in total. The summed E-state index contributed by atoms with van der Waals surface area (Å²) >= 11 is 1.39. The van der Waals surface area contributed by atoms with Crippen molar-refractivity contribution in [2.75, 3.05) is 6.61 Å². The minimum Gasteiger partial charge on any atom is -0.460 e. The first-order valence-corrected chi connectivity index (χ1v) is 8.30. The largest absolute Gasteiger partial charge is 0.460 e. The molecule has 0 atom stereocenters. The molecular weight excluding hydrogens is 328 g/mol. The third kappa shape index (κ3) is 3.60. The number of rotatable bonds is 6. The Morgan fingerprint density at radius 1 is 1.12 bits per heavy atom. The topological polar surface area (TPSA) is 73.6 Å². The summed E-state index contributed by atoms with van der Waals surface area (Å²) in [5.41, 5.74) is 0.0431. The predicted octanol–water partition coefficient (Wildman–Crippen LogP) is 3.67. The maximum absolute atomic E-state index is 12.0. The van der Waals surface area contributed by atoms with E-state index in [0.717, 1.165) is 6.07 Å². The summed E-state index contributed by atoms with van der Waals surface area (Å²) in [6, 6.07) is 11.4. The second-order valence-corrected chi connectivity index (χ2v) is 6.06. The zero-order valence-electron chi connectivity index (χ0n) is 12.7. The number of thiophene rings is 1. The SMILES string of the molecule is O=C(OCCCC(=O)c1cccs1)c1cc(=O)c2ccccc2o1. The molecule has 0 saturated heterocycles. The van der Waals surface area contributed by atoms with Crippen LogP contribution in [0, 0.1) is 0 Å². The van der Waals surface area contributed by atoms with Gasteiger partial charge < -0.3 is 9.15 Å². The molecule has 2 aromatic heterocycles. The van der Waals surface area contributed by atoms with Crippen molar-refractivity contribution in [2.24, 2.45) is 0 Å². The number of hydrogen-bond acceptors (Lipinski definition) is 6. The molecule has 0 aliphatic heterocycles. The predicted molar refractivity (Wildman–Crippen MR) is 90.7 cm³/mol. The van der Waals surface area contributed by atoms with Gasteiger partial charge in [0.25, 0.3) is 0 Å². The van der Waals surface area contributed by atoms with Crippen LogP contribution < -0.4 is 5.43 Å². The van der Waals surface area contributed by atoms with Crippen molar-refractivity contribution in [3.05, 3.63) is 68.7 Å². The summed E-state index contributed by atoms with van der Waals surface area (Å²) < 4.78 is 10.5. The Labute approximate surface area is 141 Å². The Morgan fingerprint density at radius 2 is 1.96 bits per heavy atom. The summed E-state index contributed by atoms with van der Waals surface area (Å²) in [6.07, 6.45) is 0.718. The maximum Gasteiger partial charge on any atom is 0.374 e. The van der Waals surface area contributed by atoms with E-state index in [-0.39, 0.29) is 23.6 Å². The number of carbonyl (C=O) groups is 2. The van der Waals surface area contributed by atoms with E-state index in [0.29, 0.717) is 28.7 Å². The van der Waals surface area contributed by atoms with Crippen LogP contribution in [0.5, 0.6) is 0 Å². The second kappa shape index (κ2) is 7.23. The minimum atomic E-state index is -0.707. The molecule has 0 spiro atoms. The third-order valence-electron chi connectivity index (χ3n) is 3.41. The smallest absolute Gasteiger partial charge is 0.374 e. The molecule has 2 heterocycles. The number of fused-ring (bicyclic) bond motifs is 1. The first-order chi connectivity index (χ1) is 11.6. The van der Waals surface area contributed by atoms with Crippen LogP contribution in [0.2, 0.25) is 0 Å². The van der Waals surface area contributed by atoms with Crippen molar-refractivity contribution in [3.63, 3.8) is 0 Å². The van der Waals surface area contributed by atoms with Gasteiger partial charge in [0.05, 0.1) is 16.9 Å².